The van der Waals surface area contributed by atoms with Gasteiger partial charge in [-0.2, -0.15) is 0 Å². The first-order valence-corrected chi connectivity index (χ1v) is 6.49. The van der Waals surface area contributed by atoms with Gasteiger partial charge in [0.25, 0.3) is 0 Å². The van der Waals surface area contributed by atoms with Crippen LogP contribution in [0.1, 0.15) is 52.4 Å². The number of hydrogen-bond acceptors (Lipinski definition) is 1. The maximum absolute atomic E-state index is 3.76. The van der Waals surface area contributed by atoms with Gasteiger partial charge in [0, 0.05) is 6.04 Å². The molecule has 1 nitrogen and oxygen atoms in total. The molecule has 0 aromatic carbocycles. The summed E-state index contributed by atoms with van der Waals surface area (Å²) in [5.41, 5.74) is 0. The molecule has 82 valence electrons. The smallest absolute Gasteiger partial charge is 0.00956 e. The van der Waals surface area contributed by atoms with Crippen molar-refractivity contribution in [1.29, 1.82) is 0 Å². The summed E-state index contributed by atoms with van der Waals surface area (Å²) in [6.45, 7) is 6.06. The van der Waals surface area contributed by atoms with Crippen LogP contribution in [0.15, 0.2) is 0 Å². The molecule has 14 heavy (non-hydrogen) atoms. The molecule has 4 atom stereocenters. The number of rotatable bonds is 1. The molecule has 1 saturated carbocycles. The van der Waals surface area contributed by atoms with Gasteiger partial charge in [0.15, 0.2) is 0 Å². The Bertz CT molecular complexity index is 170. The molecule has 4 unspecified atom stereocenters. The molecule has 1 aliphatic heterocycles. The maximum atomic E-state index is 3.76. The Kier molecular flexibility index (Phi) is 3.48. The van der Waals surface area contributed by atoms with Crippen molar-refractivity contribution in [1.82, 2.24) is 5.32 Å². The van der Waals surface area contributed by atoms with E-state index >= 15 is 0 Å². The summed E-state index contributed by atoms with van der Waals surface area (Å²) in [4.78, 5) is 0. The molecule has 1 heteroatoms. The molecular weight excluding hydrogens is 170 g/mol. The molecular formula is C13H25N. The first-order chi connectivity index (χ1) is 6.75. The first kappa shape index (κ1) is 10.5. The van der Waals surface area contributed by atoms with Crippen LogP contribution in [-0.2, 0) is 0 Å². The average Bonchev–Trinajstić information content (AvgIpc) is 2.19. The SMILES string of the molecule is CC1CCC(C2CCCC(C)C2)NC1. The van der Waals surface area contributed by atoms with E-state index in [9.17, 15) is 0 Å². The predicted octanol–water partition coefficient (Wildman–Crippen LogP) is 3.20. The molecule has 1 N–H and O–H groups in total. The van der Waals surface area contributed by atoms with Crippen molar-refractivity contribution in [3.8, 4) is 0 Å². The normalized spacial score (nSPS) is 45.0. The van der Waals surface area contributed by atoms with Crippen LogP contribution in [0, 0.1) is 17.8 Å². The topological polar surface area (TPSA) is 12.0 Å². The Morgan fingerprint density at radius 3 is 2.43 bits per heavy atom. The second-order valence-corrected chi connectivity index (χ2v) is 5.73. The number of piperidine rings is 1. The molecule has 0 radical (unpaired) electrons. The molecule has 2 fully saturated rings. The van der Waals surface area contributed by atoms with Crippen molar-refractivity contribution in [2.75, 3.05) is 6.54 Å². The molecule has 2 aliphatic rings. The van der Waals surface area contributed by atoms with E-state index in [-0.39, 0.29) is 0 Å². The van der Waals surface area contributed by atoms with Gasteiger partial charge in [-0.25, -0.2) is 0 Å². The van der Waals surface area contributed by atoms with Gasteiger partial charge in [-0.1, -0.05) is 26.7 Å². The van der Waals surface area contributed by atoms with Gasteiger partial charge in [0.05, 0.1) is 0 Å². The van der Waals surface area contributed by atoms with Crippen molar-refractivity contribution in [2.45, 2.75) is 58.4 Å². The zero-order valence-corrected chi connectivity index (χ0v) is 9.76. The quantitative estimate of drug-likeness (QED) is 0.677. The predicted molar refractivity (Wildman–Crippen MR) is 61.3 cm³/mol. The minimum Gasteiger partial charge on any atom is -0.313 e. The molecule has 0 aromatic rings. The minimum atomic E-state index is 0.856. The molecule has 1 aliphatic carbocycles. The summed E-state index contributed by atoms with van der Waals surface area (Å²) < 4.78 is 0. The van der Waals surface area contributed by atoms with Gasteiger partial charge in [0.1, 0.15) is 0 Å². The van der Waals surface area contributed by atoms with Crippen LogP contribution in [-0.4, -0.2) is 12.6 Å². The van der Waals surface area contributed by atoms with E-state index in [0.29, 0.717) is 0 Å². The van der Waals surface area contributed by atoms with Gasteiger partial charge >= 0.3 is 0 Å². The second kappa shape index (κ2) is 4.65. The summed E-state index contributed by atoms with van der Waals surface area (Å²) in [6, 6.07) is 0.856. The highest BCUT2D eigenvalue weighted by Crippen LogP contribution is 2.33. The van der Waals surface area contributed by atoms with Gasteiger partial charge in [-0.05, 0) is 50.0 Å². The van der Waals surface area contributed by atoms with Crippen LogP contribution < -0.4 is 5.32 Å². The molecule has 0 bridgehead atoms. The Labute approximate surface area is 88.7 Å². The Morgan fingerprint density at radius 1 is 0.929 bits per heavy atom. The van der Waals surface area contributed by atoms with Crippen LogP contribution in [0.25, 0.3) is 0 Å². The highest BCUT2D eigenvalue weighted by atomic mass is 14.9. The third-order valence-corrected chi connectivity index (χ3v) is 4.24. The van der Waals surface area contributed by atoms with Crippen LogP contribution in [0.3, 0.4) is 0 Å². The van der Waals surface area contributed by atoms with Crippen LogP contribution >= 0.6 is 0 Å². The van der Waals surface area contributed by atoms with Crippen LogP contribution in [0.2, 0.25) is 0 Å². The van der Waals surface area contributed by atoms with Crippen LogP contribution in [0.4, 0.5) is 0 Å². The lowest BCUT2D eigenvalue weighted by Crippen LogP contribution is -2.44. The lowest BCUT2D eigenvalue weighted by Gasteiger charge is -2.37. The third kappa shape index (κ3) is 2.50. The Morgan fingerprint density at radius 2 is 1.79 bits per heavy atom. The summed E-state index contributed by atoms with van der Waals surface area (Å²) in [7, 11) is 0. The van der Waals surface area contributed by atoms with Crippen molar-refractivity contribution >= 4 is 0 Å². The summed E-state index contributed by atoms with van der Waals surface area (Å²) >= 11 is 0. The lowest BCUT2D eigenvalue weighted by molar-refractivity contribution is 0.183. The fraction of sp³-hybridized carbons (Fsp3) is 1.00. The Balaban J connectivity index is 1.82. The lowest BCUT2D eigenvalue weighted by atomic mass is 9.76. The number of nitrogens with one attached hydrogen (secondary N) is 1. The van der Waals surface area contributed by atoms with E-state index in [1.54, 1.807) is 0 Å². The van der Waals surface area contributed by atoms with E-state index in [4.69, 9.17) is 0 Å². The van der Waals surface area contributed by atoms with Gasteiger partial charge < -0.3 is 5.32 Å². The maximum Gasteiger partial charge on any atom is 0.00956 e. The van der Waals surface area contributed by atoms with Gasteiger partial charge in [-0.15, -0.1) is 0 Å². The summed E-state index contributed by atoms with van der Waals surface area (Å²) in [6.07, 6.45) is 8.78. The molecule has 2 rings (SSSR count). The fourth-order valence-electron chi connectivity index (χ4n) is 3.27. The molecule has 1 saturated heterocycles. The summed E-state index contributed by atoms with van der Waals surface area (Å²) in [5, 5.41) is 3.76. The van der Waals surface area contributed by atoms with E-state index in [0.717, 1.165) is 23.8 Å². The monoisotopic (exact) mass is 195 g/mol. The van der Waals surface area contributed by atoms with Gasteiger partial charge in [0.2, 0.25) is 0 Å². The van der Waals surface area contributed by atoms with Crippen molar-refractivity contribution < 1.29 is 0 Å². The van der Waals surface area contributed by atoms with E-state index < -0.39 is 0 Å². The van der Waals surface area contributed by atoms with E-state index in [1.165, 1.54) is 45.1 Å². The largest absolute Gasteiger partial charge is 0.313 e. The second-order valence-electron chi connectivity index (χ2n) is 5.73. The summed E-state index contributed by atoms with van der Waals surface area (Å²) in [5.74, 6) is 2.88. The van der Waals surface area contributed by atoms with Crippen molar-refractivity contribution in [2.24, 2.45) is 17.8 Å². The first-order valence-electron chi connectivity index (χ1n) is 6.49. The van der Waals surface area contributed by atoms with E-state index in [2.05, 4.69) is 19.2 Å². The Hall–Kier alpha value is -0.0400. The standard InChI is InChI=1S/C13H25N/c1-10-4-3-5-12(8-10)13-7-6-11(2)9-14-13/h10-14H,3-9H2,1-2H3. The highest BCUT2D eigenvalue weighted by Gasteiger charge is 2.28. The highest BCUT2D eigenvalue weighted by molar-refractivity contribution is 4.85. The third-order valence-electron chi connectivity index (χ3n) is 4.24. The fourth-order valence-corrected chi connectivity index (χ4v) is 3.27. The zero-order valence-electron chi connectivity index (χ0n) is 9.76. The minimum absolute atomic E-state index is 0.856. The number of hydrogen-bond donors (Lipinski definition) is 1. The van der Waals surface area contributed by atoms with Crippen molar-refractivity contribution in [3.63, 3.8) is 0 Å². The zero-order chi connectivity index (χ0) is 9.97. The van der Waals surface area contributed by atoms with Gasteiger partial charge in [-0.3, -0.25) is 0 Å². The average molecular weight is 195 g/mol. The van der Waals surface area contributed by atoms with E-state index in [1.807, 2.05) is 0 Å². The molecule has 0 amide bonds. The molecule has 1 heterocycles. The molecule has 0 aromatic heterocycles. The van der Waals surface area contributed by atoms with Crippen LogP contribution in [0.5, 0.6) is 0 Å². The van der Waals surface area contributed by atoms with Crippen molar-refractivity contribution in [3.05, 3.63) is 0 Å². The molecule has 0 spiro atoms.